The first-order valence-electron chi connectivity index (χ1n) is 17.7. The van der Waals surface area contributed by atoms with Crippen molar-refractivity contribution in [2.24, 2.45) is 5.92 Å². The number of benzene rings is 2. The van der Waals surface area contributed by atoms with E-state index in [0.29, 0.717) is 49.6 Å². The second-order valence-electron chi connectivity index (χ2n) is 14.1. The lowest BCUT2D eigenvalue weighted by Gasteiger charge is -2.30. The Hall–Kier alpha value is -3.75. The summed E-state index contributed by atoms with van der Waals surface area (Å²) >= 11 is 1.37. The van der Waals surface area contributed by atoms with Gasteiger partial charge in [-0.3, -0.25) is 19.1 Å². The van der Waals surface area contributed by atoms with Gasteiger partial charge in [0.05, 0.1) is 35.2 Å². The molecule has 2 aliphatic heterocycles. The van der Waals surface area contributed by atoms with Crippen LogP contribution in [0.25, 0.3) is 10.2 Å². The number of aromatic nitrogens is 1. The predicted molar refractivity (Wildman–Crippen MR) is 189 cm³/mol. The summed E-state index contributed by atoms with van der Waals surface area (Å²) in [4.78, 5) is 48.6. The van der Waals surface area contributed by atoms with E-state index in [1.807, 2.05) is 48.5 Å². The molecule has 1 aromatic heterocycles. The molecule has 7 rings (SSSR count). The van der Waals surface area contributed by atoms with Crippen LogP contribution in [-0.2, 0) is 31.0 Å². The van der Waals surface area contributed by atoms with Gasteiger partial charge in [0.25, 0.3) is 11.1 Å². The van der Waals surface area contributed by atoms with E-state index in [0.717, 1.165) is 47.9 Å². The number of sulfonamides is 1. The number of hydrogen-bond acceptors (Lipinski definition) is 10. The highest BCUT2D eigenvalue weighted by atomic mass is 32.2. The van der Waals surface area contributed by atoms with Gasteiger partial charge in [-0.2, -0.15) is 0 Å². The Morgan fingerprint density at radius 1 is 1.04 bits per heavy atom. The molecule has 2 saturated carbocycles. The smallest absolute Gasteiger partial charge is 0.274 e. The Labute approximate surface area is 296 Å². The molecule has 50 heavy (non-hydrogen) atoms. The predicted octanol–water partition coefficient (Wildman–Crippen LogP) is 4.04. The van der Waals surface area contributed by atoms with E-state index in [4.69, 9.17) is 9.47 Å². The van der Waals surface area contributed by atoms with E-state index in [1.54, 1.807) is 12.0 Å². The Morgan fingerprint density at radius 2 is 1.80 bits per heavy atom. The van der Waals surface area contributed by atoms with Gasteiger partial charge < -0.3 is 25.0 Å². The quantitative estimate of drug-likeness (QED) is 0.297. The number of carbonyl (C=O) groups is 3. The number of hydrogen-bond donors (Lipinski definition) is 3. The van der Waals surface area contributed by atoms with Crippen LogP contribution in [0.2, 0.25) is 0 Å². The molecule has 4 aliphatic rings. The first kappa shape index (κ1) is 34.7. The topological polar surface area (TPSA) is 156 Å². The summed E-state index contributed by atoms with van der Waals surface area (Å²) in [6.45, 7) is 0.663. The molecule has 0 unspecified atom stereocenters. The van der Waals surface area contributed by atoms with Crippen LogP contribution in [0.15, 0.2) is 48.5 Å². The van der Waals surface area contributed by atoms with Crippen molar-refractivity contribution in [3.05, 3.63) is 54.1 Å². The van der Waals surface area contributed by atoms with Gasteiger partial charge in [-0.15, -0.1) is 0 Å². The van der Waals surface area contributed by atoms with E-state index in [1.165, 1.54) is 11.3 Å². The number of amides is 3. The van der Waals surface area contributed by atoms with Gasteiger partial charge in [0.15, 0.2) is 0 Å². The number of carbonyl (C=O) groups excluding carboxylic acids is 3. The van der Waals surface area contributed by atoms with Gasteiger partial charge in [0.1, 0.15) is 23.4 Å². The maximum Gasteiger partial charge on any atom is 0.274 e. The summed E-state index contributed by atoms with van der Waals surface area (Å²) in [7, 11) is -2.21. The Balaban J connectivity index is 1.15. The van der Waals surface area contributed by atoms with Crippen LogP contribution < -0.4 is 24.8 Å². The average Bonchev–Trinajstić information content (AvgIpc) is 4.00. The molecule has 3 amide bonds. The molecule has 14 heteroatoms. The molecule has 0 radical (unpaired) electrons. The fourth-order valence-corrected chi connectivity index (χ4v) is 9.62. The molecular weight excluding hydrogens is 679 g/mol. The molecule has 2 aliphatic carbocycles. The number of nitrogens with zero attached hydrogens (tertiary/aromatic N) is 2. The van der Waals surface area contributed by atoms with Crippen molar-refractivity contribution >= 4 is 49.3 Å². The fourth-order valence-electron chi connectivity index (χ4n) is 7.35. The average molecular weight is 724 g/mol. The minimum atomic E-state index is -3.81. The van der Waals surface area contributed by atoms with E-state index in [2.05, 4.69) is 20.3 Å². The zero-order chi connectivity index (χ0) is 34.9. The van der Waals surface area contributed by atoms with Crippen molar-refractivity contribution < 1.29 is 32.3 Å². The molecule has 2 aromatic carbocycles. The van der Waals surface area contributed by atoms with Crippen molar-refractivity contribution in [1.29, 1.82) is 0 Å². The number of thiazole rings is 1. The molecule has 3 aromatic rings. The minimum absolute atomic E-state index is 0.165. The summed E-state index contributed by atoms with van der Waals surface area (Å²) in [5.41, 5.74) is 0.477. The number of methoxy groups -OCH3 is 1. The summed E-state index contributed by atoms with van der Waals surface area (Å²) < 4.78 is 40.5. The molecule has 0 spiro atoms. The van der Waals surface area contributed by atoms with E-state index in [-0.39, 0.29) is 24.8 Å². The number of rotatable bonds is 9. The molecule has 3 N–H and O–H groups in total. The zero-order valence-corrected chi connectivity index (χ0v) is 29.9. The van der Waals surface area contributed by atoms with Crippen LogP contribution >= 0.6 is 11.3 Å². The van der Waals surface area contributed by atoms with Gasteiger partial charge in [-0.25, -0.2) is 13.4 Å². The molecule has 12 nitrogen and oxygen atoms in total. The summed E-state index contributed by atoms with van der Waals surface area (Å²) in [5, 5.41) is 6.32. The van der Waals surface area contributed by atoms with Crippen LogP contribution in [0.4, 0.5) is 0 Å². The van der Waals surface area contributed by atoms with Crippen molar-refractivity contribution in [1.82, 2.24) is 25.2 Å². The second kappa shape index (κ2) is 14.5. The minimum Gasteiger partial charge on any atom is -0.497 e. The maximum atomic E-state index is 14.5. The monoisotopic (exact) mass is 723 g/mol. The maximum absolute atomic E-state index is 14.5. The summed E-state index contributed by atoms with van der Waals surface area (Å²) in [5.74, 6) is -0.821. The van der Waals surface area contributed by atoms with Crippen molar-refractivity contribution in [2.75, 3.05) is 13.7 Å². The SMILES string of the molecule is COc1ccc2nc(O[C@@H]3C[C@H]4C(=O)N[C@]5(C(=O)NS(=O)(=O)C6CC6)C[C@H]5CCCCCCC[C@H](NCc5ccccc5)C(=O)N4C3)sc2c1. The Morgan fingerprint density at radius 3 is 2.56 bits per heavy atom. The lowest BCUT2D eigenvalue weighted by Crippen LogP contribution is -2.58. The standard InChI is InChI=1S/C36H45N5O7S2/c1-47-25-14-17-28-31(19-25)49-35(38-28)48-26-18-30-32(42)39-36(34(44)40-50(45,46)27-15-16-27)20-24(36)12-8-3-2-4-9-13-29(33(43)41(30)22-26)37-21-23-10-6-5-7-11-23/h5-7,10-11,14,17,19,24,26-27,29-30,37H,2-4,8-9,12-13,15-16,18,20-22H2,1H3,(H,39,42)(H,40,44)/t24-,26-,29+,30+,36-/m1/s1. The molecule has 2 saturated heterocycles. The number of nitrogens with one attached hydrogen (secondary N) is 3. The third kappa shape index (κ3) is 7.62. The highest BCUT2D eigenvalue weighted by Crippen LogP contribution is 2.48. The van der Waals surface area contributed by atoms with Gasteiger partial charge in [0.2, 0.25) is 21.8 Å². The van der Waals surface area contributed by atoms with E-state index < -0.39 is 50.8 Å². The largest absolute Gasteiger partial charge is 0.497 e. The van der Waals surface area contributed by atoms with Gasteiger partial charge in [-0.1, -0.05) is 73.8 Å². The Bertz CT molecular complexity index is 1830. The molecule has 268 valence electrons. The van der Waals surface area contributed by atoms with Crippen LogP contribution in [0, 0.1) is 5.92 Å². The van der Waals surface area contributed by atoms with Crippen LogP contribution in [-0.4, -0.2) is 78.7 Å². The molecule has 3 heterocycles. The molecular formula is C36H45N5O7S2. The van der Waals surface area contributed by atoms with Crippen LogP contribution in [0.1, 0.15) is 76.2 Å². The van der Waals surface area contributed by atoms with E-state index >= 15 is 0 Å². The third-order valence-corrected chi connectivity index (χ3v) is 13.2. The highest BCUT2D eigenvalue weighted by Gasteiger charge is 2.62. The second-order valence-corrected chi connectivity index (χ2v) is 17.1. The Kier molecular flexibility index (Phi) is 10.0. The van der Waals surface area contributed by atoms with Gasteiger partial charge in [-0.05, 0) is 61.8 Å². The molecule has 5 atom stereocenters. The van der Waals surface area contributed by atoms with Crippen molar-refractivity contribution in [3.8, 4) is 10.9 Å². The van der Waals surface area contributed by atoms with Crippen molar-refractivity contribution in [3.63, 3.8) is 0 Å². The normalized spacial score (nSPS) is 27.7. The molecule has 0 bridgehead atoms. The lowest BCUT2D eigenvalue weighted by atomic mass is 10.0. The third-order valence-electron chi connectivity index (χ3n) is 10.5. The lowest BCUT2D eigenvalue weighted by molar-refractivity contribution is -0.141. The first-order chi connectivity index (χ1) is 24.1. The zero-order valence-electron chi connectivity index (χ0n) is 28.3. The summed E-state index contributed by atoms with van der Waals surface area (Å²) in [6.07, 6.45) is 7.05. The molecule has 4 fully saturated rings. The van der Waals surface area contributed by atoms with Gasteiger partial charge >= 0.3 is 0 Å². The highest BCUT2D eigenvalue weighted by molar-refractivity contribution is 7.91. The van der Waals surface area contributed by atoms with E-state index in [9.17, 15) is 22.8 Å². The van der Waals surface area contributed by atoms with Gasteiger partial charge in [0, 0.05) is 13.0 Å². The summed E-state index contributed by atoms with van der Waals surface area (Å²) in [6, 6.07) is 14.0. The first-order valence-corrected chi connectivity index (χ1v) is 20.1. The fraction of sp³-hybridized carbons (Fsp3) is 0.556. The van der Waals surface area contributed by atoms with Crippen LogP contribution in [0.3, 0.4) is 0 Å². The van der Waals surface area contributed by atoms with Crippen molar-refractivity contribution in [2.45, 2.75) is 106 Å². The van der Waals surface area contributed by atoms with Crippen LogP contribution in [0.5, 0.6) is 10.9 Å². The number of ether oxygens (including phenoxy) is 2. The number of fused-ring (bicyclic) bond motifs is 3.